The molecule has 1 aliphatic carbocycles. The lowest BCUT2D eigenvalue weighted by Crippen LogP contribution is -2.46. The molecule has 1 heterocycles. The summed E-state index contributed by atoms with van der Waals surface area (Å²) in [4.78, 5) is 14.3. The van der Waals surface area contributed by atoms with Crippen molar-refractivity contribution in [1.82, 2.24) is 10.2 Å². The monoisotopic (exact) mass is 302 g/mol. The van der Waals surface area contributed by atoms with Gasteiger partial charge in [-0.15, -0.1) is 0 Å². The predicted octanol–water partition coefficient (Wildman–Crippen LogP) is 2.40. The summed E-state index contributed by atoms with van der Waals surface area (Å²) in [5.41, 5.74) is 0.778. The molecule has 118 valence electrons. The van der Waals surface area contributed by atoms with Crippen molar-refractivity contribution in [3.8, 4) is 5.75 Å². The van der Waals surface area contributed by atoms with Crippen molar-refractivity contribution in [1.29, 1.82) is 0 Å². The predicted molar refractivity (Wildman–Crippen MR) is 84.8 cm³/mol. The maximum Gasteiger partial charge on any atom is 0.223 e. The van der Waals surface area contributed by atoms with E-state index >= 15 is 0 Å². The zero-order valence-corrected chi connectivity index (χ0v) is 13.3. The Balaban J connectivity index is 1.63. The van der Waals surface area contributed by atoms with Crippen LogP contribution >= 0.6 is 0 Å². The highest BCUT2D eigenvalue weighted by Crippen LogP contribution is 2.33. The van der Waals surface area contributed by atoms with Gasteiger partial charge < -0.3 is 19.4 Å². The van der Waals surface area contributed by atoms with E-state index in [4.69, 9.17) is 9.15 Å². The molecule has 22 heavy (non-hydrogen) atoms. The maximum absolute atomic E-state index is 12.2. The Labute approximate surface area is 130 Å². The zero-order chi connectivity index (χ0) is 15.7. The summed E-state index contributed by atoms with van der Waals surface area (Å²) in [6, 6.07) is 8.24. The van der Waals surface area contributed by atoms with E-state index in [2.05, 4.69) is 24.3 Å². The van der Waals surface area contributed by atoms with E-state index in [1.54, 1.807) is 7.11 Å². The van der Waals surface area contributed by atoms with Crippen LogP contribution in [0.1, 0.15) is 18.6 Å². The van der Waals surface area contributed by atoms with Crippen LogP contribution in [0.4, 0.5) is 0 Å². The van der Waals surface area contributed by atoms with Gasteiger partial charge >= 0.3 is 0 Å². The standard InChI is InChI=1S/C17H22N2O3/c1-19(2)12-8-11(9-12)17(20)18-10-15-16(21-3)13-6-4-5-7-14(13)22-15/h4-7,11-12H,8-10H2,1-3H3,(H,18,20). The molecule has 1 aromatic carbocycles. The highest BCUT2D eigenvalue weighted by Gasteiger charge is 2.35. The molecule has 0 radical (unpaired) electrons. The minimum atomic E-state index is 0.0978. The molecule has 1 amide bonds. The number of nitrogens with one attached hydrogen (secondary N) is 1. The van der Waals surface area contributed by atoms with E-state index in [9.17, 15) is 4.79 Å². The Morgan fingerprint density at radius 2 is 2.09 bits per heavy atom. The number of furan rings is 1. The molecule has 0 atom stereocenters. The molecule has 1 aromatic heterocycles. The average Bonchev–Trinajstić information content (AvgIpc) is 2.80. The third-order valence-electron chi connectivity index (χ3n) is 4.46. The fraction of sp³-hybridized carbons (Fsp3) is 0.471. The Kier molecular flexibility index (Phi) is 4.07. The van der Waals surface area contributed by atoms with E-state index in [1.165, 1.54) is 0 Å². The van der Waals surface area contributed by atoms with Crippen molar-refractivity contribution in [2.75, 3.05) is 21.2 Å². The lowest BCUT2D eigenvalue weighted by molar-refractivity contribution is -0.129. The van der Waals surface area contributed by atoms with Gasteiger partial charge in [0.2, 0.25) is 5.91 Å². The number of hydrogen-bond donors (Lipinski definition) is 1. The summed E-state index contributed by atoms with van der Waals surface area (Å²) in [5.74, 6) is 1.58. The van der Waals surface area contributed by atoms with Crippen molar-refractivity contribution >= 4 is 16.9 Å². The number of benzene rings is 1. The molecule has 1 aliphatic rings. The third kappa shape index (κ3) is 2.68. The zero-order valence-electron chi connectivity index (χ0n) is 13.3. The fourth-order valence-corrected chi connectivity index (χ4v) is 2.95. The highest BCUT2D eigenvalue weighted by molar-refractivity contribution is 5.86. The second kappa shape index (κ2) is 6.01. The van der Waals surface area contributed by atoms with Gasteiger partial charge in [0, 0.05) is 12.0 Å². The Morgan fingerprint density at radius 1 is 1.36 bits per heavy atom. The second-order valence-corrected chi connectivity index (χ2v) is 6.06. The number of rotatable bonds is 5. The number of amides is 1. The number of methoxy groups -OCH3 is 1. The van der Waals surface area contributed by atoms with Gasteiger partial charge in [0.25, 0.3) is 0 Å². The minimum absolute atomic E-state index is 0.0978. The van der Waals surface area contributed by atoms with Crippen molar-refractivity contribution in [2.24, 2.45) is 5.92 Å². The number of hydrogen-bond acceptors (Lipinski definition) is 4. The number of ether oxygens (including phenoxy) is 1. The molecular weight excluding hydrogens is 280 g/mol. The third-order valence-corrected chi connectivity index (χ3v) is 4.46. The lowest BCUT2D eigenvalue weighted by Gasteiger charge is -2.38. The Bertz CT molecular complexity index is 672. The van der Waals surface area contributed by atoms with E-state index in [1.807, 2.05) is 24.3 Å². The molecule has 0 unspecified atom stereocenters. The Morgan fingerprint density at radius 3 is 2.77 bits per heavy atom. The number of carbonyl (C=O) groups is 1. The van der Waals surface area contributed by atoms with Crippen LogP contribution in [-0.2, 0) is 11.3 Å². The summed E-state index contributed by atoms with van der Waals surface area (Å²) >= 11 is 0. The van der Waals surface area contributed by atoms with Gasteiger partial charge in [0.15, 0.2) is 11.5 Å². The first-order valence-corrected chi connectivity index (χ1v) is 7.58. The van der Waals surface area contributed by atoms with Crippen LogP contribution < -0.4 is 10.1 Å². The van der Waals surface area contributed by atoms with E-state index < -0.39 is 0 Å². The van der Waals surface area contributed by atoms with Gasteiger partial charge in [0.05, 0.1) is 19.0 Å². The quantitative estimate of drug-likeness (QED) is 0.921. The number of carbonyl (C=O) groups excluding carboxylic acids is 1. The topological polar surface area (TPSA) is 54.7 Å². The van der Waals surface area contributed by atoms with Gasteiger partial charge in [-0.2, -0.15) is 0 Å². The summed E-state index contributed by atoms with van der Waals surface area (Å²) in [6.45, 7) is 0.361. The average molecular weight is 302 g/mol. The van der Waals surface area contributed by atoms with Gasteiger partial charge in [-0.1, -0.05) is 12.1 Å². The number of para-hydroxylation sites is 1. The maximum atomic E-state index is 12.2. The molecule has 1 N–H and O–H groups in total. The van der Waals surface area contributed by atoms with E-state index in [0.29, 0.717) is 24.1 Å². The van der Waals surface area contributed by atoms with Crippen LogP contribution in [0.3, 0.4) is 0 Å². The van der Waals surface area contributed by atoms with E-state index in [-0.39, 0.29) is 11.8 Å². The molecule has 1 saturated carbocycles. The molecular formula is C17H22N2O3. The number of nitrogens with zero attached hydrogens (tertiary/aromatic N) is 1. The molecule has 5 nitrogen and oxygen atoms in total. The fourth-order valence-electron chi connectivity index (χ4n) is 2.95. The molecule has 1 fully saturated rings. The normalized spacial score (nSPS) is 20.9. The molecule has 0 spiro atoms. The summed E-state index contributed by atoms with van der Waals surface area (Å²) in [6.07, 6.45) is 1.85. The van der Waals surface area contributed by atoms with Gasteiger partial charge in [-0.25, -0.2) is 0 Å². The van der Waals surface area contributed by atoms with Crippen LogP contribution in [-0.4, -0.2) is 38.1 Å². The molecule has 0 aliphatic heterocycles. The van der Waals surface area contributed by atoms with E-state index in [0.717, 1.165) is 23.8 Å². The molecule has 0 bridgehead atoms. The largest absolute Gasteiger partial charge is 0.492 e. The van der Waals surface area contributed by atoms with Gasteiger partial charge in [0.1, 0.15) is 5.58 Å². The minimum Gasteiger partial charge on any atom is -0.492 e. The van der Waals surface area contributed by atoms with Crippen molar-refractivity contribution < 1.29 is 13.9 Å². The van der Waals surface area contributed by atoms with Crippen LogP contribution in [0.15, 0.2) is 28.7 Å². The van der Waals surface area contributed by atoms with Crippen LogP contribution in [0, 0.1) is 5.92 Å². The van der Waals surface area contributed by atoms with Crippen molar-refractivity contribution in [3.05, 3.63) is 30.0 Å². The first kappa shape index (κ1) is 14.9. The lowest BCUT2D eigenvalue weighted by atomic mass is 9.79. The van der Waals surface area contributed by atoms with Crippen LogP contribution in [0.2, 0.25) is 0 Å². The smallest absolute Gasteiger partial charge is 0.223 e. The number of fused-ring (bicyclic) bond motifs is 1. The van der Waals surface area contributed by atoms with Gasteiger partial charge in [-0.3, -0.25) is 4.79 Å². The molecule has 0 saturated heterocycles. The first-order valence-electron chi connectivity index (χ1n) is 7.58. The van der Waals surface area contributed by atoms with Crippen LogP contribution in [0.5, 0.6) is 5.75 Å². The summed E-state index contributed by atoms with van der Waals surface area (Å²) in [7, 11) is 5.73. The molecule has 2 aromatic rings. The van der Waals surface area contributed by atoms with Gasteiger partial charge in [-0.05, 0) is 39.1 Å². The Hall–Kier alpha value is -2.01. The first-order chi connectivity index (χ1) is 10.6. The molecule has 3 rings (SSSR count). The molecule has 5 heteroatoms. The van der Waals surface area contributed by atoms with Crippen LogP contribution in [0.25, 0.3) is 11.0 Å². The van der Waals surface area contributed by atoms with Crippen molar-refractivity contribution in [2.45, 2.75) is 25.4 Å². The second-order valence-electron chi connectivity index (χ2n) is 6.06. The summed E-state index contributed by atoms with van der Waals surface area (Å²) in [5, 5.41) is 3.90. The highest BCUT2D eigenvalue weighted by atomic mass is 16.5. The SMILES string of the molecule is COc1c(CNC(=O)C2CC(N(C)C)C2)oc2ccccc12. The summed E-state index contributed by atoms with van der Waals surface area (Å²) < 4.78 is 11.2. The van der Waals surface area contributed by atoms with Crippen molar-refractivity contribution in [3.63, 3.8) is 0 Å².